The molecule has 4 aliphatic rings. The molecular weight excluding hydrogens is 678 g/mol. The summed E-state index contributed by atoms with van der Waals surface area (Å²) in [6.07, 6.45) is 0.352. The van der Waals surface area contributed by atoms with Gasteiger partial charge in [-0.25, -0.2) is 26.9 Å². The van der Waals surface area contributed by atoms with Crippen LogP contribution < -0.4 is 4.90 Å². The zero-order valence-electron chi connectivity index (χ0n) is 24.1. The van der Waals surface area contributed by atoms with Crippen LogP contribution in [0.4, 0.5) is 27.6 Å². The van der Waals surface area contributed by atoms with Crippen molar-refractivity contribution in [2.24, 2.45) is 17.8 Å². The highest BCUT2D eigenvalue weighted by Gasteiger charge is 2.77. The maximum atomic E-state index is 15.1. The molecule has 2 N–H and O–H groups in total. The lowest BCUT2D eigenvalue weighted by Crippen LogP contribution is -2.60. The zero-order chi connectivity index (χ0) is 34.5. The number of likely N-dealkylation sites (tertiary alicyclic amines) is 1. The van der Waals surface area contributed by atoms with Crippen LogP contribution in [0.15, 0.2) is 29.8 Å². The second-order valence-corrected chi connectivity index (χ2v) is 13.3. The second kappa shape index (κ2) is 11.0. The SMILES string of the molecule is Cc1cccc([C@H]2C3=CC[C@@H]4C(=O)N(CCCC(=O)O)C(=O)[C@@H]4[C@@H]3C[C@@]3(Cl)C(=O)N(c4c(F)c(F)c(F)c(F)c4F)C(=O)[C@@]23Cl)c1O. The van der Waals surface area contributed by atoms with Crippen LogP contribution in [0, 0.1) is 53.8 Å². The lowest BCUT2D eigenvalue weighted by atomic mass is 9.56. The molecular formula is C31H23Cl2F5N2O7. The molecule has 9 nitrogen and oxygen atoms in total. The third kappa shape index (κ3) is 4.29. The molecule has 2 saturated heterocycles. The molecule has 0 unspecified atom stereocenters. The average molecular weight is 701 g/mol. The highest BCUT2D eigenvalue weighted by molar-refractivity contribution is 6.58. The number of carbonyl (C=O) groups excluding carboxylic acids is 4. The van der Waals surface area contributed by atoms with Gasteiger partial charge in [0.2, 0.25) is 17.6 Å². The lowest BCUT2D eigenvalue weighted by molar-refractivity contribution is -0.142. The van der Waals surface area contributed by atoms with Crippen molar-refractivity contribution in [1.82, 2.24) is 4.90 Å². The van der Waals surface area contributed by atoms with Crippen molar-refractivity contribution in [3.63, 3.8) is 0 Å². The number of aryl methyl sites for hydroxylation is 1. The number of carboxylic acid groups (broad SMARTS) is 1. The summed E-state index contributed by atoms with van der Waals surface area (Å²) in [6, 6.07) is 4.30. The fraction of sp³-hybridized carbons (Fsp3) is 0.387. The number of hydrogen-bond acceptors (Lipinski definition) is 6. The average Bonchev–Trinajstić information content (AvgIpc) is 3.35. The van der Waals surface area contributed by atoms with Crippen molar-refractivity contribution in [1.29, 1.82) is 0 Å². The minimum atomic E-state index is -2.75. The molecule has 0 radical (unpaired) electrons. The standard InChI is InChI=1S/C31H23Cl2F5N2O7/c1-11-4-2-5-14(25(11)43)18-12-7-8-13-17(27(45)39(26(13)44)9-3-6-16(41)42)15(12)10-30(32)28(46)40(29(47)31(18,30)33)24-22(37)20(35)19(34)21(36)23(24)38/h2,4-5,7,13,15,17-18,43H,3,6,8-10H2,1H3,(H,41,42)/t13-,15+,17-,18+,30+,31-/m0/s1. The van der Waals surface area contributed by atoms with Gasteiger partial charge in [0, 0.05) is 24.4 Å². The minimum absolute atomic E-state index is 0.0505. The molecule has 4 amide bonds. The van der Waals surface area contributed by atoms with Gasteiger partial charge in [0.05, 0.1) is 11.8 Å². The molecule has 0 bridgehead atoms. The number of phenolic OH excluding ortho intramolecular Hbond substituents is 1. The molecule has 1 saturated carbocycles. The van der Waals surface area contributed by atoms with E-state index in [0.717, 1.165) is 4.90 Å². The summed E-state index contributed by atoms with van der Waals surface area (Å²) in [5.41, 5.74) is -1.53. The van der Waals surface area contributed by atoms with Crippen molar-refractivity contribution < 1.29 is 56.1 Å². The third-order valence-electron chi connectivity index (χ3n) is 9.67. The molecule has 6 atom stereocenters. The number of anilines is 1. The van der Waals surface area contributed by atoms with E-state index >= 15 is 8.78 Å². The molecule has 0 spiro atoms. The summed E-state index contributed by atoms with van der Waals surface area (Å²) in [6.45, 7) is 1.27. The maximum Gasteiger partial charge on any atom is 0.303 e. The Kier molecular flexibility index (Phi) is 7.70. The van der Waals surface area contributed by atoms with Crippen LogP contribution >= 0.6 is 23.2 Å². The fourth-order valence-corrected chi connectivity index (χ4v) is 8.43. The Morgan fingerprint density at radius 2 is 1.55 bits per heavy atom. The first kappa shape index (κ1) is 32.9. The molecule has 3 fully saturated rings. The quantitative estimate of drug-likeness (QED) is 0.110. The van der Waals surface area contributed by atoms with E-state index in [1.165, 1.54) is 31.2 Å². The van der Waals surface area contributed by atoms with Crippen LogP contribution in [0.2, 0.25) is 0 Å². The number of carbonyl (C=O) groups is 5. The van der Waals surface area contributed by atoms with E-state index in [1.54, 1.807) is 0 Å². The Morgan fingerprint density at radius 3 is 2.17 bits per heavy atom. The number of nitrogens with zero attached hydrogens (tertiary/aromatic N) is 2. The van der Waals surface area contributed by atoms with Gasteiger partial charge in [-0.15, -0.1) is 23.2 Å². The number of hydrogen-bond donors (Lipinski definition) is 2. The predicted molar refractivity (Wildman–Crippen MR) is 153 cm³/mol. The zero-order valence-corrected chi connectivity index (χ0v) is 25.6. The minimum Gasteiger partial charge on any atom is -0.507 e. The van der Waals surface area contributed by atoms with Crippen molar-refractivity contribution in [2.75, 3.05) is 11.4 Å². The lowest BCUT2D eigenvalue weighted by Gasteiger charge is -2.50. The molecule has 16 heteroatoms. The Bertz CT molecular complexity index is 1830. The topological polar surface area (TPSA) is 132 Å². The molecule has 2 aromatic carbocycles. The van der Waals surface area contributed by atoms with Crippen LogP contribution in [0.1, 0.15) is 42.7 Å². The van der Waals surface area contributed by atoms with E-state index in [0.29, 0.717) is 0 Å². The number of halogens is 7. The summed E-state index contributed by atoms with van der Waals surface area (Å²) in [5, 5.41) is 20.2. The molecule has 2 aliphatic heterocycles. The summed E-state index contributed by atoms with van der Waals surface area (Å²) in [5.74, 6) is -23.5. The van der Waals surface area contributed by atoms with Crippen LogP contribution in [0.3, 0.4) is 0 Å². The number of imide groups is 2. The van der Waals surface area contributed by atoms with Gasteiger partial charge >= 0.3 is 5.97 Å². The van der Waals surface area contributed by atoms with Crippen molar-refractivity contribution in [2.45, 2.75) is 48.3 Å². The Morgan fingerprint density at radius 1 is 0.936 bits per heavy atom. The van der Waals surface area contributed by atoms with Gasteiger partial charge in [0.25, 0.3) is 11.8 Å². The largest absolute Gasteiger partial charge is 0.507 e. The Balaban J connectivity index is 1.55. The number of phenols is 1. The molecule has 47 heavy (non-hydrogen) atoms. The number of fused-ring (bicyclic) bond motifs is 4. The summed E-state index contributed by atoms with van der Waals surface area (Å²) < 4.78 is 72.8. The van der Waals surface area contributed by atoms with Crippen LogP contribution in [0.5, 0.6) is 5.75 Å². The second-order valence-electron chi connectivity index (χ2n) is 12.0. The predicted octanol–water partition coefficient (Wildman–Crippen LogP) is 4.82. The number of aliphatic carboxylic acids is 1. The van der Waals surface area contributed by atoms with E-state index in [1.807, 2.05) is 0 Å². The molecule has 6 rings (SSSR count). The number of amides is 4. The van der Waals surface area contributed by atoms with Crippen molar-refractivity contribution >= 4 is 58.5 Å². The number of rotatable bonds is 6. The first-order valence-corrected chi connectivity index (χ1v) is 15.1. The van der Waals surface area contributed by atoms with Crippen molar-refractivity contribution in [3.05, 3.63) is 70.1 Å². The summed E-state index contributed by atoms with van der Waals surface area (Å²) in [7, 11) is 0. The number of aromatic hydroxyl groups is 1. The number of allylic oxidation sites excluding steroid dienone is 2. The first-order valence-electron chi connectivity index (χ1n) is 14.3. The summed E-state index contributed by atoms with van der Waals surface area (Å²) in [4.78, 5) is 61.7. The monoisotopic (exact) mass is 700 g/mol. The first-order chi connectivity index (χ1) is 22.0. The Hall–Kier alpha value is -4.04. The highest BCUT2D eigenvalue weighted by atomic mass is 35.5. The number of alkyl halides is 2. The number of para-hydroxylation sites is 1. The van der Waals surface area contributed by atoms with Crippen LogP contribution in [0.25, 0.3) is 0 Å². The molecule has 2 heterocycles. The Labute approximate surface area is 272 Å². The molecule has 2 aliphatic carbocycles. The van der Waals surface area contributed by atoms with E-state index in [2.05, 4.69) is 0 Å². The normalized spacial score (nSPS) is 30.0. The van der Waals surface area contributed by atoms with Gasteiger partial charge in [0.15, 0.2) is 33.0 Å². The van der Waals surface area contributed by atoms with Gasteiger partial charge in [-0.05, 0) is 37.7 Å². The van der Waals surface area contributed by atoms with E-state index in [9.17, 15) is 42.3 Å². The molecule has 2 aromatic rings. The number of benzene rings is 2. The fourth-order valence-electron chi connectivity index (χ4n) is 7.50. The molecule has 0 aromatic heterocycles. The van der Waals surface area contributed by atoms with E-state index in [-0.39, 0.29) is 47.4 Å². The van der Waals surface area contributed by atoms with Crippen LogP contribution in [-0.4, -0.2) is 61.0 Å². The van der Waals surface area contributed by atoms with Gasteiger partial charge in [-0.2, -0.15) is 0 Å². The van der Waals surface area contributed by atoms with Gasteiger partial charge < -0.3 is 10.2 Å². The van der Waals surface area contributed by atoms with Gasteiger partial charge in [-0.3, -0.25) is 28.9 Å². The van der Waals surface area contributed by atoms with Crippen LogP contribution in [-0.2, 0) is 24.0 Å². The third-order valence-corrected chi connectivity index (χ3v) is 11.1. The summed E-state index contributed by atoms with van der Waals surface area (Å²) >= 11 is 14.0. The van der Waals surface area contributed by atoms with E-state index in [4.69, 9.17) is 28.3 Å². The van der Waals surface area contributed by atoms with Gasteiger partial charge in [-0.1, -0.05) is 29.8 Å². The maximum absolute atomic E-state index is 15.1. The smallest absolute Gasteiger partial charge is 0.303 e. The number of carboxylic acids is 1. The van der Waals surface area contributed by atoms with Gasteiger partial charge in [0.1, 0.15) is 11.4 Å². The van der Waals surface area contributed by atoms with Crippen molar-refractivity contribution in [3.8, 4) is 5.75 Å². The van der Waals surface area contributed by atoms with E-state index < -0.39 is 110 Å². The highest BCUT2D eigenvalue weighted by Crippen LogP contribution is 2.66. The molecule has 248 valence electrons.